The molecule has 4 N–H and O–H groups in total. The predicted octanol–water partition coefficient (Wildman–Crippen LogP) is 4.16. The average Bonchev–Trinajstić information content (AvgIpc) is 2.82. The Balaban J connectivity index is 0.577. The van der Waals surface area contributed by atoms with Gasteiger partial charge in [0.1, 0.15) is 29.1 Å². The number of hydrogen-bond donors (Lipinski definition) is 4. The molecule has 0 spiro atoms. The van der Waals surface area contributed by atoms with Gasteiger partial charge in [0.2, 0.25) is 11.8 Å². The number of aliphatic hydroxyl groups excluding tert-OH is 1. The van der Waals surface area contributed by atoms with Crippen molar-refractivity contribution in [3.05, 3.63) is 111 Å². The predicted molar refractivity (Wildman–Crippen MR) is 309 cm³/mol. The zero-order chi connectivity index (χ0) is 58.2. The fourth-order valence-electron chi connectivity index (χ4n) is 11.8. The molecular weight excluding hydrogens is 1070 g/mol. The fraction of sp³-hybridized carbons (Fsp3) is 0.500. The molecular formula is C60H75N11O12. The third kappa shape index (κ3) is 13.1. The number of piperazine rings is 1. The summed E-state index contributed by atoms with van der Waals surface area (Å²) in [5.74, 6) is -0.463. The van der Waals surface area contributed by atoms with Gasteiger partial charge in [-0.1, -0.05) is 19.9 Å². The number of imide groups is 1. The number of nitrogens with zero attached hydrogens (tertiary/aromatic N) is 8. The van der Waals surface area contributed by atoms with Crippen molar-refractivity contribution < 1.29 is 52.8 Å². The van der Waals surface area contributed by atoms with Gasteiger partial charge in [0.05, 0.1) is 102 Å². The van der Waals surface area contributed by atoms with E-state index in [1.807, 2.05) is 23.1 Å². The van der Waals surface area contributed by atoms with E-state index in [1.54, 1.807) is 60.9 Å². The van der Waals surface area contributed by atoms with E-state index in [2.05, 4.69) is 56.2 Å². The Bertz CT molecular complexity index is 3250. The number of rotatable bonds is 26. The van der Waals surface area contributed by atoms with E-state index in [0.29, 0.717) is 169 Å². The maximum atomic E-state index is 14.0. The summed E-state index contributed by atoms with van der Waals surface area (Å²) in [5.41, 5.74) is 7.10. The lowest BCUT2D eigenvalue weighted by molar-refractivity contribution is -0.133. The Morgan fingerprint density at radius 3 is 2.23 bits per heavy atom. The van der Waals surface area contributed by atoms with Crippen LogP contribution in [0.4, 0.5) is 28.7 Å². The number of benzene rings is 1. The molecule has 83 heavy (non-hydrogen) atoms. The summed E-state index contributed by atoms with van der Waals surface area (Å²) in [6.45, 7) is 13.6. The smallest absolute Gasteiger partial charge is 0.276 e. The van der Waals surface area contributed by atoms with Crippen LogP contribution in [0.25, 0.3) is 11.1 Å². The lowest BCUT2D eigenvalue weighted by Gasteiger charge is -2.41. The highest BCUT2D eigenvalue weighted by Crippen LogP contribution is 2.40. The summed E-state index contributed by atoms with van der Waals surface area (Å²) in [7, 11) is 1.67. The molecule has 2 saturated heterocycles. The lowest BCUT2D eigenvalue weighted by atomic mass is 9.90. The van der Waals surface area contributed by atoms with E-state index in [4.69, 9.17) is 23.7 Å². The minimum atomic E-state index is -0.794. The van der Waals surface area contributed by atoms with Crippen molar-refractivity contribution in [3.63, 3.8) is 0 Å². The van der Waals surface area contributed by atoms with Crippen molar-refractivity contribution in [2.24, 2.45) is 12.5 Å². The molecule has 0 saturated carbocycles. The third-order valence-electron chi connectivity index (χ3n) is 15.9. The van der Waals surface area contributed by atoms with Crippen LogP contribution in [0.15, 0.2) is 71.9 Å². The number of aromatic nitrogens is 4. The third-order valence-corrected chi connectivity index (χ3v) is 15.9. The van der Waals surface area contributed by atoms with Crippen molar-refractivity contribution in [3.8, 4) is 11.1 Å². The zero-order valence-electron chi connectivity index (χ0n) is 47.8. The van der Waals surface area contributed by atoms with E-state index in [-0.39, 0.29) is 59.9 Å². The number of carbonyl (C=O) groups is 5. The highest BCUT2D eigenvalue weighted by molar-refractivity contribution is 6.25. The molecule has 2 fully saturated rings. The van der Waals surface area contributed by atoms with Gasteiger partial charge in [-0.3, -0.25) is 38.6 Å². The molecule has 1 unspecified atom stereocenters. The molecule has 1 aliphatic carbocycles. The zero-order valence-corrected chi connectivity index (χ0v) is 47.8. The van der Waals surface area contributed by atoms with Crippen molar-refractivity contribution in [2.45, 2.75) is 78.1 Å². The Kier molecular flexibility index (Phi) is 18.6. The van der Waals surface area contributed by atoms with Crippen LogP contribution in [0.5, 0.6) is 0 Å². The Morgan fingerprint density at radius 1 is 0.795 bits per heavy atom. The van der Waals surface area contributed by atoms with Crippen LogP contribution in [0.3, 0.4) is 0 Å². The van der Waals surface area contributed by atoms with Gasteiger partial charge in [-0.25, -0.2) is 9.97 Å². The summed E-state index contributed by atoms with van der Waals surface area (Å²) >= 11 is 0. The Hall–Kier alpha value is -7.54. The van der Waals surface area contributed by atoms with Crippen molar-refractivity contribution in [1.29, 1.82) is 0 Å². The Morgan fingerprint density at radius 2 is 1.53 bits per heavy atom. The van der Waals surface area contributed by atoms with E-state index in [0.717, 1.165) is 23.4 Å². The average molecular weight is 1140 g/mol. The van der Waals surface area contributed by atoms with Crippen LogP contribution in [-0.4, -0.2) is 181 Å². The summed E-state index contributed by atoms with van der Waals surface area (Å²) in [6.07, 6.45) is 8.38. The standard InChI is InChI=1S/C60H75N11O12/c1-39-36-67(52(73)13-21-79-23-25-81-27-29-83-30-28-82-26-24-80-22-16-61-46-8-5-7-44-53(46)59(78)71(56(44)75)48-9-6-14-63-55(48)74)17-18-68(39)42-10-11-51(64-35-42)65-47-31-41(37-66(4)57(47)76)43-12-15-62-54(45(43)38-72)70-20-19-69-49(58(70)77)32-40-33-60(2,3)34-50(40)69/h5,7-8,10-12,15,31-32,35,37,39,48,61,72H,6,9,13-14,16-30,33-34,36,38H2,1-4H3,(H,63,74)(H,64,65)/t39-,48?/m1/s1. The first-order chi connectivity index (χ1) is 40.2. The highest BCUT2D eigenvalue weighted by Gasteiger charge is 2.45. The summed E-state index contributed by atoms with van der Waals surface area (Å²) in [4.78, 5) is 95.5. The van der Waals surface area contributed by atoms with E-state index >= 15 is 0 Å². The molecule has 0 bridgehead atoms. The van der Waals surface area contributed by atoms with Crippen LogP contribution < -0.4 is 31.3 Å². The molecule has 10 rings (SSSR count). The topological polar surface area (TPSA) is 253 Å². The van der Waals surface area contributed by atoms with E-state index < -0.39 is 17.9 Å². The SMILES string of the molecule is C[C@@H]1CN(C(=O)CCOCCOCCOCCOCCOCCNc2cccc3c2C(=O)N(C2CCCNC2=O)C3=O)CCN1c1ccc(Nc2cc(-c3ccnc(N4CCn5c(cc6c5CC(C)(C)C6)C4=O)c3CO)cn(C)c2=O)nc1. The van der Waals surface area contributed by atoms with Gasteiger partial charge < -0.3 is 63.7 Å². The number of nitrogens with one attached hydrogen (secondary N) is 3. The van der Waals surface area contributed by atoms with Crippen LogP contribution in [-0.2, 0) is 66.3 Å². The largest absolute Gasteiger partial charge is 0.392 e. The number of pyridine rings is 3. The quantitative estimate of drug-likeness (QED) is 0.0448. The second-order valence-electron chi connectivity index (χ2n) is 22.3. The number of fused-ring (bicyclic) bond motifs is 4. The minimum absolute atomic E-state index is 0.0270. The summed E-state index contributed by atoms with van der Waals surface area (Å²) < 4.78 is 31.8. The van der Waals surface area contributed by atoms with Gasteiger partial charge in [0.25, 0.3) is 23.3 Å². The molecule has 23 heteroatoms. The van der Waals surface area contributed by atoms with Crippen molar-refractivity contribution >= 4 is 58.2 Å². The number of anilines is 5. The first-order valence-corrected chi connectivity index (χ1v) is 28.7. The molecule has 8 heterocycles. The molecule has 442 valence electrons. The van der Waals surface area contributed by atoms with Crippen molar-refractivity contribution in [1.82, 2.24) is 34.2 Å². The number of hydrogen-bond acceptors (Lipinski definition) is 17. The van der Waals surface area contributed by atoms with Crippen LogP contribution in [0, 0.1) is 5.41 Å². The molecule has 5 aromatic rings. The first kappa shape index (κ1) is 58.6. The number of piperidine rings is 1. The highest BCUT2D eigenvalue weighted by atomic mass is 16.6. The number of amides is 5. The van der Waals surface area contributed by atoms with Crippen LogP contribution in [0.1, 0.15) is 88.1 Å². The normalized spacial score (nSPS) is 18.4. The van der Waals surface area contributed by atoms with Crippen molar-refractivity contribution in [2.75, 3.05) is 126 Å². The Labute approximate surface area is 482 Å². The fourth-order valence-corrected chi connectivity index (χ4v) is 11.8. The first-order valence-electron chi connectivity index (χ1n) is 28.7. The number of aliphatic hydroxyl groups is 1. The van der Waals surface area contributed by atoms with Gasteiger partial charge in [0.15, 0.2) is 0 Å². The number of aryl methyl sites for hydroxylation is 1. The molecule has 5 amide bonds. The molecule has 4 aromatic heterocycles. The second-order valence-corrected chi connectivity index (χ2v) is 22.3. The summed E-state index contributed by atoms with van der Waals surface area (Å²) in [5, 5.41) is 19.9. The number of carbonyl (C=O) groups excluding carboxylic acids is 5. The monoisotopic (exact) mass is 1140 g/mol. The maximum absolute atomic E-state index is 14.0. The molecule has 23 nitrogen and oxygen atoms in total. The molecule has 0 radical (unpaired) electrons. The van der Waals surface area contributed by atoms with Crippen LogP contribution in [0.2, 0.25) is 0 Å². The molecule has 2 atom stereocenters. The lowest BCUT2D eigenvalue weighted by Crippen LogP contribution is -2.54. The van der Waals surface area contributed by atoms with Gasteiger partial charge in [0, 0.05) is 93.8 Å². The van der Waals surface area contributed by atoms with Gasteiger partial charge in [-0.15, -0.1) is 0 Å². The minimum Gasteiger partial charge on any atom is -0.392 e. The summed E-state index contributed by atoms with van der Waals surface area (Å²) in [6, 6.07) is 13.6. The van der Waals surface area contributed by atoms with Crippen LogP contribution >= 0.6 is 0 Å². The van der Waals surface area contributed by atoms with E-state index in [1.165, 1.54) is 15.8 Å². The molecule has 4 aliphatic heterocycles. The number of ether oxygens (including phenoxy) is 5. The van der Waals surface area contributed by atoms with Gasteiger partial charge in [-0.05, 0) is 91.6 Å². The second kappa shape index (κ2) is 26.4. The van der Waals surface area contributed by atoms with Gasteiger partial charge in [-0.2, -0.15) is 0 Å². The van der Waals surface area contributed by atoms with Gasteiger partial charge >= 0.3 is 0 Å². The van der Waals surface area contributed by atoms with E-state index in [9.17, 15) is 33.9 Å². The molecule has 5 aliphatic rings. The molecule has 1 aromatic carbocycles. The maximum Gasteiger partial charge on any atom is 0.276 e.